The van der Waals surface area contributed by atoms with Gasteiger partial charge in [0.15, 0.2) is 9.84 Å². The number of hydrogen-bond donors (Lipinski definition) is 2. The Bertz CT molecular complexity index is 519. The summed E-state index contributed by atoms with van der Waals surface area (Å²) in [7, 11) is -4.32. The number of nitrogens with one attached hydrogen (secondary N) is 1. The van der Waals surface area contributed by atoms with Crippen molar-refractivity contribution in [2.75, 3.05) is 36.1 Å². The van der Waals surface area contributed by atoms with Gasteiger partial charge >= 0.3 is 12.0 Å². The third-order valence-corrected chi connectivity index (χ3v) is 6.13. The van der Waals surface area contributed by atoms with Gasteiger partial charge in [-0.05, 0) is 0 Å². The third kappa shape index (κ3) is 6.00. The summed E-state index contributed by atoms with van der Waals surface area (Å²) in [6.07, 6.45) is -0.409. The van der Waals surface area contributed by atoms with E-state index < -0.39 is 45.1 Å². The number of nitrogens with zero attached hydrogens (tertiary/aromatic N) is 1. The van der Waals surface area contributed by atoms with Crippen molar-refractivity contribution in [1.29, 1.82) is 0 Å². The first-order chi connectivity index (χ1) is 9.75. The second-order valence-corrected chi connectivity index (χ2v) is 8.82. The summed E-state index contributed by atoms with van der Waals surface area (Å²) in [5.41, 5.74) is 0. The van der Waals surface area contributed by atoms with E-state index >= 15 is 0 Å². The Balaban J connectivity index is 2.62. The number of hydrogen-bond acceptors (Lipinski definition) is 5. The lowest BCUT2D eigenvalue weighted by atomic mass is 10.2. The molecule has 2 atom stereocenters. The lowest BCUT2D eigenvalue weighted by molar-refractivity contribution is -0.138. The molecule has 0 aromatic carbocycles. The fourth-order valence-electron chi connectivity index (χ4n) is 2.04. The number of urea groups is 1. The largest absolute Gasteiger partial charge is 0.481 e. The lowest BCUT2D eigenvalue weighted by Crippen LogP contribution is -2.55. The molecule has 0 radical (unpaired) electrons. The van der Waals surface area contributed by atoms with Crippen molar-refractivity contribution < 1.29 is 27.3 Å². The Morgan fingerprint density at radius 2 is 2.10 bits per heavy atom. The number of carboxylic acid groups (broad SMARTS) is 1. The fourth-order valence-corrected chi connectivity index (χ4v) is 4.19. The molecule has 0 bridgehead atoms. The highest BCUT2D eigenvalue weighted by Crippen LogP contribution is 2.15. The molecule has 2 unspecified atom stereocenters. The van der Waals surface area contributed by atoms with E-state index in [9.17, 15) is 22.2 Å². The van der Waals surface area contributed by atoms with Crippen molar-refractivity contribution >= 4 is 32.6 Å². The van der Waals surface area contributed by atoms with Crippen molar-refractivity contribution in [3.8, 4) is 0 Å². The summed E-state index contributed by atoms with van der Waals surface area (Å²) >= 11 is 0. The minimum atomic E-state index is -3.32. The van der Waals surface area contributed by atoms with E-state index in [1.807, 2.05) is 0 Å². The van der Waals surface area contributed by atoms with Crippen LogP contribution in [0.25, 0.3) is 0 Å². The third-order valence-electron chi connectivity index (χ3n) is 3.13. The maximum absolute atomic E-state index is 12.0. The molecule has 8 nitrogen and oxygen atoms in total. The van der Waals surface area contributed by atoms with Crippen LogP contribution in [0.4, 0.5) is 4.79 Å². The molecule has 1 aliphatic rings. The van der Waals surface area contributed by atoms with Gasteiger partial charge in [-0.3, -0.25) is 9.00 Å². The maximum Gasteiger partial charge on any atom is 0.317 e. The van der Waals surface area contributed by atoms with Gasteiger partial charge in [-0.25, -0.2) is 13.2 Å². The maximum atomic E-state index is 12.0. The molecule has 21 heavy (non-hydrogen) atoms. The highest BCUT2D eigenvalue weighted by Gasteiger charge is 2.35. The number of carbonyl (C=O) groups excluding carboxylic acids is 1. The van der Waals surface area contributed by atoms with Gasteiger partial charge in [0, 0.05) is 35.4 Å². The Morgan fingerprint density at radius 3 is 2.67 bits per heavy atom. The number of amides is 2. The average molecular weight is 340 g/mol. The van der Waals surface area contributed by atoms with Crippen LogP contribution in [0.1, 0.15) is 13.3 Å². The molecule has 2 amide bonds. The topological polar surface area (TPSA) is 121 Å². The van der Waals surface area contributed by atoms with Crippen molar-refractivity contribution in [2.24, 2.45) is 0 Å². The van der Waals surface area contributed by atoms with Crippen LogP contribution in [-0.2, 0) is 25.4 Å². The summed E-state index contributed by atoms with van der Waals surface area (Å²) in [5.74, 6) is -0.843. The van der Waals surface area contributed by atoms with E-state index in [-0.39, 0.29) is 24.6 Å². The SMILES string of the molecule is CCS(=O)CCNC(=O)N1CCS(=O)(=O)CC1CC(=O)O. The van der Waals surface area contributed by atoms with Crippen LogP contribution in [0.15, 0.2) is 0 Å². The summed E-state index contributed by atoms with van der Waals surface area (Å²) in [5, 5.41) is 11.4. The van der Waals surface area contributed by atoms with Crippen molar-refractivity contribution in [3.05, 3.63) is 0 Å². The van der Waals surface area contributed by atoms with Gasteiger partial charge in [0.25, 0.3) is 0 Å². The van der Waals surface area contributed by atoms with Crippen LogP contribution in [0.2, 0.25) is 0 Å². The quantitative estimate of drug-likeness (QED) is 0.642. The van der Waals surface area contributed by atoms with Gasteiger partial charge in [-0.2, -0.15) is 0 Å². The van der Waals surface area contributed by atoms with Crippen molar-refractivity contribution in [1.82, 2.24) is 10.2 Å². The number of sulfone groups is 1. The summed E-state index contributed by atoms with van der Waals surface area (Å²) in [4.78, 5) is 24.0. The van der Waals surface area contributed by atoms with E-state index in [1.54, 1.807) is 6.92 Å². The Hall–Kier alpha value is -1.16. The van der Waals surface area contributed by atoms with Crippen LogP contribution >= 0.6 is 0 Å². The molecule has 122 valence electrons. The number of carbonyl (C=O) groups is 2. The molecule has 0 aromatic rings. The molecule has 0 spiro atoms. The van der Waals surface area contributed by atoms with Crippen molar-refractivity contribution in [2.45, 2.75) is 19.4 Å². The van der Waals surface area contributed by atoms with Crippen LogP contribution in [0.3, 0.4) is 0 Å². The molecule has 1 saturated heterocycles. The van der Waals surface area contributed by atoms with Gasteiger partial charge in [0.05, 0.1) is 24.0 Å². The minimum absolute atomic E-state index is 0.0248. The van der Waals surface area contributed by atoms with Crippen LogP contribution in [0.5, 0.6) is 0 Å². The zero-order valence-corrected chi connectivity index (χ0v) is 13.4. The summed E-state index contributed by atoms with van der Waals surface area (Å²) in [6.45, 7) is 1.96. The molecule has 1 heterocycles. The lowest BCUT2D eigenvalue weighted by Gasteiger charge is -2.34. The normalized spacial score (nSPS) is 22.5. The van der Waals surface area contributed by atoms with E-state index in [0.29, 0.717) is 11.5 Å². The van der Waals surface area contributed by atoms with E-state index in [2.05, 4.69) is 5.32 Å². The first-order valence-corrected chi connectivity index (χ1v) is 9.87. The summed E-state index contributed by atoms with van der Waals surface area (Å²) in [6, 6.07) is -1.37. The van der Waals surface area contributed by atoms with Crippen LogP contribution in [-0.4, -0.2) is 76.8 Å². The molecular weight excluding hydrogens is 320 g/mol. The monoisotopic (exact) mass is 340 g/mol. The zero-order chi connectivity index (χ0) is 16.0. The second kappa shape index (κ2) is 7.74. The summed E-state index contributed by atoms with van der Waals surface area (Å²) < 4.78 is 34.4. The van der Waals surface area contributed by atoms with Crippen LogP contribution < -0.4 is 5.32 Å². The van der Waals surface area contributed by atoms with Gasteiger partial charge in [-0.1, -0.05) is 6.92 Å². The van der Waals surface area contributed by atoms with E-state index in [0.717, 1.165) is 0 Å². The minimum Gasteiger partial charge on any atom is -0.481 e. The van der Waals surface area contributed by atoms with Crippen molar-refractivity contribution in [3.63, 3.8) is 0 Å². The highest BCUT2D eigenvalue weighted by atomic mass is 32.2. The number of aliphatic carboxylic acids is 1. The van der Waals surface area contributed by atoms with Crippen LogP contribution in [0, 0.1) is 0 Å². The molecule has 1 rings (SSSR count). The van der Waals surface area contributed by atoms with Gasteiger partial charge in [0.1, 0.15) is 0 Å². The average Bonchev–Trinajstić information content (AvgIpc) is 2.36. The van der Waals surface area contributed by atoms with Gasteiger partial charge < -0.3 is 15.3 Å². The second-order valence-electron chi connectivity index (χ2n) is 4.72. The smallest absolute Gasteiger partial charge is 0.317 e. The van der Waals surface area contributed by atoms with E-state index in [1.165, 1.54) is 4.90 Å². The Morgan fingerprint density at radius 1 is 1.43 bits per heavy atom. The zero-order valence-electron chi connectivity index (χ0n) is 11.8. The van der Waals surface area contributed by atoms with Gasteiger partial charge in [-0.15, -0.1) is 0 Å². The molecule has 0 saturated carbocycles. The molecule has 0 aromatic heterocycles. The first-order valence-electron chi connectivity index (χ1n) is 6.57. The molecule has 0 aliphatic carbocycles. The first kappa shape index (κ1) is 17.9. The number of carboxylic acids is 1. The molecule has 1 fully saturated rings. The standard InChI is InChI=1S/C11H20N2O6S2/c1-2-20(17)5-3-12-11(16)13-4-6-21(18,19)8-9(13)7-10(14)15/h9H,2-8H2,1H3,(H,12,16)(H,14,15). The predicted octanol–water partition coefficient (Wildman–Crippen LogP) is -0.962. The molecule has 2 N–H and O–H groups in total. The van der Waals surface area contributed by atoms with Gasteiger partial charge in [0.2, 0.25) is 0 Å². The molecule has 1 aliphatic heterocycles. The Labute approximate surface area is 126 Å². The molecule has 10 heteroatoms. The Kier molecular flexibility index (Phi) is 6.59. The molecular formula is C11H20N2O6S2. The predicted molar refractivity (Wildman–Crippen MR) is 78.3 cm³/mol. The fraction of sp³-hybridized carbons (Fsp3) is 0.818. The number of rotatable bonds is 6. The highest BCUT2D eigenvalue weighted by molar-refractivity contribution is 7.91. The van der Waals surface area contributed by atoms with E-state index in [4.69, 9.17) is 5.11 Å².